The quantitative estimate of drug-likeness (QED) is 0.865. The van der Waals surface area contributed by atoms with E-state index in [1.54, 1.807) is 0 Å². The number of rotatable bonds is 4. The van der Waals surface area contributed by atoms with Crippen molar-refractivity contribution >= 4 is 23.1 Å². The van der Waals surface area contributed by atoms with Gasteiger partial charge in [0.15, 0.2) is 0 Å². The Labute approximate surface area is 131 Å². The molecule has 1 fully saturated rings. The summed E-state index contributed by atoms with van der Waals surface area (Å²) < 4.78 is 5.65. The Morgan fingerprint density at radius 2 is 2.14 bits per heavy atom. The molecule has 0 bridgehead atoms. The molecule has 0 spiro atoms. The van der Waals surface area contributed by atoms with E-state index < -0.39 is 5.92 Å². The largest absolute Gasteiger partial charge is 0.392 e. The van der Waals surface area contributed by atoms with Gasteiger partial charge in [0.2, 0.25) is 5.91 Å². The standard InChI is InChI=1S/C16H22N2O2S/c1-3-13-10-20-11(2)9-18(13)16(19)14(15(17)21)12-7-5-4-6-8-12/h4-8,11,13-14H,3,9-10H2,1-2H3,(H2,17,21). The fraction of sp³-hybridized carbons (Fsp3) is 0.500. The Morgan fingerprint density at radius 3 is 2.71 bits per heavy atom. The zero-order valence-electron chi connectivity index (χ0n) is 12.5. The number of hydrogen-bond donors (Lipinski definition) is 1. The fourth-order valence-corrected chi connectivity index (χ4v) is 2.93. The lowest BCUT2D eigenvalue weighted by atomic mass is 9.96. The number of carbonyl (C=O) groups excluding carboxylic acids is 1. The van der Waals surface area contributed by atoms with Crippen LogP contribution in [0.1, 0.15) is 31.7 Å². The van der Waals surface area contributed by atoms with Crippen LogP contribution in [-0.2, 0) is 9.53 Å². The number of nitrogens with two attached hydrogens (primary N) is 1. The number of benzene rings is 1. The summed E-state index contributed by atoms with van der Waals surface area (Å²) in [4.78, 5) is 15.1. The molecule has 0 aliphatic carbocycles. The Balaban J connectivity index is 2.27. The first-order chi connectivity index (χ1) is 10.0. The van der Waals surface area contributed by atoms with Gasteiger partial charge in [0.1, 0.15) is 5.92 Å². The van der Waals surface area contributed by atoms with Crippen molar-refractivity contribution in [3.8, 4) is 0 Å². The second-order valence-electron chi connectivity index (χ2n) is 5.44. The number of hydrogen-bond acceptors (Lipinski definition) is 3. The summed E-state index contributed by atoms with van der Waals surface area (Å²) >= 11 is 5.15. The molecule has 0 saturated carbocycles. The summed E-state index contributed by atoms with van der Waals surface area (Å²) in [7, 11) is 0. The molecule has 1 heterocycles. The lowest BCUT2D eigenvalue weighted by molar-refractivity contribution is -0.144. The van der Waals surface area contributed by atoms with Crippen molar-refractivity contribution in [2.24, 2.45) is 5.73 Å². The van der Waals surface area contributed by atoms with Crippen molar-refractivity contribution in [3.63, 3.8) is 0 Å². The Hall–Kier alpha value is -1.46. The van der Waals surface area contributed by atoms with Crippen molar-refractivity contribution in [3.05, 3.63) is 35.9 Å². The van der Waals surface area contributed by atoms with Crippen LogP contribution in [0, 0.1) is 0 Å². The summed E-state index contributed by atoms with van der Waals surface area (Å²) in [5, 5.41) is 0. The van der Waals surface area contributed by atoms with Gasteiger partial charge < -0.3 is 15.4 Å². The first kappa shape index (κ1) is 15.9. The van der Waals surface area contributed by atoms with Crippen molar-refractivity contribution in [2.75, 3.05) is 13.2 Å². The predicted molar refractivity (Wildman–Crippen MR) is 87.2 cm³/mol. The Bertz CT molecular complexity index is 506. The molecule has 1 saturated heterocycles. The highest BCUT2D eigenvalue weighted by molar-refractivity contribution is 7.80. The molecular weight excluding hydrogens is 284 g/mol. The van der Waals surface area contributed by atoms with Crippen LogP contribution in [0.5, 0.6) is 0 Å². The summed E-state index contributed by atoms with van der Waals surface area (Å²) in [5.74, 6) is -0.573. The van der Waals surface area contributed by atoms with E-state index in [4.69, 9.17) is 22.7 Å². The van der Waals surface area contributed by atoms with Crippen LogP contribution < -0.4 is 5.73 Å². The summed E-state index contributed by atoms with van der Waals surface area (Å²) in [6.45, 7) is 5.19. The van der Waals surface area contributed by atoms with E-state index in [1.807, 2.05) is 42.2 Å². The lowest BCUT2D eigenvalue weighted by Gasteiger charge is -2.40. The van der Waals surface area contributed by atoms with E-state index in [9.17, 15) is 4.79 Å². The van der Waals surface area contributed by atoms with Gasteiger partial charge in [-0.05, 0) is 18.9 Å². The van der Waals surface area contributed by atoms with Crippen LogP contribution in [0.2, 0.25) is 0 Å². The molecule has 1 aromatic carbocycles. The molecule has 2 rings (SSSR count). The van der Waals surface area contributed by atoms with Gasteiger partial charge in [-0.2, -0.15) is 0 Å². The molecule has 2 N–H and O–H groups in total. The normalized spacial score (nSPS) is 23.6. The van der Waals surface area contributed by atoms with Crippen LogP contribution in [0.4, 0.5) is 0 Å². The average Bonchev–Trinajstić information content (AvgIpc) is 2.48. The zero-order valence-corrected chi connectivity index (χ0v) is 13.3. The van der Waals surface area contributed by atoms with Crippen molar-refractivity contribution in [1.82, 2.24) is 4.90 Å². The molecule has 114 valence electrons. The Morgan fingerprint density at radius 1 is 1.48 bits per heavy atom. The van der Waals surface area contributed by atoms with E-state index in [0.29, 0.717) is 13.2 Å². The SMILES string of the molecule is CCC1COC(C)CN1C(=O)C(C(N)=S)c1ccccc1. The van der Waals surface area contributed by atoms with Crippen molar-refractivity contribution in [2.45, 2.75) is 38.3 Å². The van der Waals surface area contributed by atoms with Crippen LogP contribution in [0.15, 0.2) is 30.3 Å². The van der Waals surface area contributed by atoms with E-state index >= 15 is 0 Å². The van der Waals surface area contributed by atoms with Gasteiger partial charge in [0.05, 0.1) is 23.7 Å². The molecule has 3 atom stereocenters. The molecular formula is C16H22N2O2S. The molecule has 21 heavy (non-hydrogen) atoms. The molecule has 1 aliphatic rings. The average molecular weight is 306 g/mol. The third-order valence-corrected chi connectivity index (χ3v) is 4.12. The second-order valence-corrected chi connectivity index (χ2v) is 5.91. The van der Waals surface area contributed by atoms with Gasteiger partial charge in [-0.25, -0.2) is 0 Å². The molecule has 1 amide bonds. The highest BCUT2D eigenvalue weighted by Crippen LogP contribution is 2.24. The summed E-state index contributed by atoms with van der Waals surface area (Å²) in [6, 6.07) is 9.59. The van der Waals surface area contributed by atoms with E-state index in [1.165, 1.54) is 0 Å². The third-order valence-electron chi connectivity index (χ3n) is 3.89. The molecule has 3 unspecified atom stereocenters. The predicted octanol–water partition coefficient (Wildman–Crippen LogP) is 2.08. The number of thiocarbonyl (C=S) groups is 1. The smallest absolute Gasteiger partial charge is 0.237 e. The van der Waals surface area contributed by atoms with Crippen LogP contribution in [0.3, 0.4) is 0 Å². The molecule has 5 heteroatoms. The highest BCUT2D eigenvalue weighted by atomic mass is 32.1. The number of amides is 1. The maximum Gasteiger partial charge on any atom is 0.237 e. The second kappa shape index (κ2) is 7.00. The molecule has 0 aromatic heterocycles. The van der Waals surface area contributed by atoms with Crippen LogP contribution in [-0.4, -0.2) is 41.1 Å². The lowest BCUT2D eigenvalue weighted by Crippen LogP contribution is -2.53. The van der Waals surface area contributed by atoms with E-state index in [0.717, 1.165) is 12.0 Å². The van der Waals surface area contributed by atoms with Gasteiger partial charge in [-0.1, -0.05) is 49.5 Å². The number of morpholine rings is 1. The zero-order chi connectivity index (χ0) is 15.4. The monoisotopic (exact) mass is 306 g/mol. The first-order valence-electron chi connectivity index (χ1n) is 7.31. The topological polar surface area (TPSA) is 55.6 Å². The van der Waals surface area contributed by atoms with Gasteiger partial charge in [0.25, 0.3) is 0 Å². The van der Waals surface area contributed by atoms with E-state index in [-0.39, 0.29) is 23.0 Å². The minimum Gasteiger partial charge on any atom is -0.392 e. The number of nitrogens with zero attached hydrogens (tertiary/aromatic N) is 1. The number of carbonyl (C=O) groups is 1. The molecule has 4 nitrogen and oxygen atoms in total. The van der Waals surface area contributed by atoms with Crippen molar-refractivity contribution < 1.29 is 9.53 Å². The fourth-order valence-electron chi connectivity index (χ4n) is 2.69. The molecule has 1 aliphatic heterocycles. The number of ether oxygens (including phenoxy) is 1. The van der Waals surface area contributed by atoms with Crippen LogP contribution in [0.25, 0.3) is 0 Å². The van der Waals surface area contributed by atoms with Crippen LogP contribution >= 0.6 is 12.2 Å². The van der Waals surface area contributed by atoms with E-state index in [2.05, 4.69) is 6.92 Å². The van der Waals surface area contributed by atoms with Crippen molar-refractivity contribution in [1.29, 1.82) is 0 Å². The molecule has 1 aromatic rings. The third kappa shape index (κ3) is 3.60. The van der Waals surface area contributed by atoms with Gasteiger partial charge in [-0.3, -0.25) is 4.79 Å². The summed E-state index contributed by atoms with van der Waals surface area (Å²) in [6.07, 6.45) is 0.900. The summed E-state index contributed by atoms with van der Waals surface area (Å²) in [5.41, 5.74) is 6.70. The first-order valence-corrected chi connectivity index (χ1v) is 7.71. The molecule has 0 radical (unpaired) electrons. The maximum atomic E-state index is 13.0. The minimum atomic E-state index is -0.555. The van der Waals surface area contributed by atoms with Gasteiger partial charge in [0, 0.05) is 6.54 Å². The highest BCUT2D eigenvalue weighted by Gasteiger charge is 2.35. The van der Waals surface area contributed by atoms with Gasteiger partial charge >= 0.3 is 0 Å². The maximum absolute atomic E-state index is 13.0. The Kier molecular flexibility index (Phi) is 5.31. The minimum absolute atomic E-state index is 0.0179. The van der Waals surface area contributed by atoms with Gasteiger partial charge in [-0.15, -0.1) is 0 Å².